The van der Waals surface area contributed by atoms with Gasteiger partial charge in [0.25, 0.3) is 0 Å². The third-order valence-electron chi connectivity index (χ3n) is 5.50. The summed E-state index contributed by atoms with van der Waals surface area (Å²) in [5.74, 6) is 0.123. The molecule has 2 heterocycles. The molecule has 0 aliphatic heterocycles. The number of hydrogen-bond donors (Lipinski definition) is 0. The molecule has 2 aromatic rings. The van der Waals surface area contributed by atoms with E-state index in [0.29, 0.717) is 12.6 Å². The lowest BCUT2D eigenvalue weighted by Gasteiger charge is -2.27. The van der Waals surface area contributed by atoms with Crippen molar-refractivity contribution in [1.82, 2.24) is 14.7 Å². The Balaban J connectivity index is 1.56. The Morgan fingerprint density at radius 1 is 1.36 bits per heavy atom. The van der Waals surface area contributed by atoms with E-state index in [9.17, 15) is 4.79 Å². The molecule has 2 aromatic heterocycles. The minimum Gasteiger partial charge on any atom is -0.330 e. The summed E-state index contributed by atoms with van der Waals surface area (Å²) >= 11 is 1.66. The van der Waals surface area contributed by atoms with Crippen molar-refractivity contribution in [3.8, 4) is 0 Å². The first-order chi connectivity index (χ1) is 12.2. The average Bonchev–Trinajstić information content (AvgIpc) is 3.37. The maximum Gasteiger partial charge on any atom is 0.247 e. The summed E-state index contributed by atoms with van der Waals surface area (Å²) in [6.45, 7) is 0.654. The molecule has 2 aliphatic rings. The normalized spacial score (nSPS) is 17.5. The second kappa shape index (κ2) is 7.16. The average molecular weight is 356 g/mol. The summed E-state index contributed by atoms with van der Waals surface area (Å²) in [6, 6.07) is 4.42. The molecule has 1 fully saturated rings. The Kier molecular flexibility index (Phi) is 4.75. The number of amides is 1. The summed E-state index contributed by atoms with van der Waals surface area (Å²) in [5, 5.41) is 6.77. The van der Waals surface area contributed by atoms with Gasteiger partial charge in [-0.2, -0.15) is 5.10 Å². The Labute approximate surface area is 153 Å². The number of fused-ring (bicyclic) bond motifs is 1. The second-order valence-corrected chi connectivity index (χ2v) is 8.08. The molecule has 0 aromatic carbocycles. The summed E-state index contributed by atoms with van der Waals surface area (Å²) in [7, 11) is 2.03. The zero-order valence-electron chi connectivity index (χ0n) is 14.8. The van der Waals surface area contributed by atoms with Crippen LogP contribution in [-0.4, -0.2) is 26.6 Å². The van der Waals surface area contributed by atoms with Gasteiger partial charge < -0.3 is 4.90 Å². The Morgan fingerprint density at radius 3 is 2.96 bits per heavy atom. The fourth-order valence-corrected chi connectivity index (χ4v) is 4.84. The molecule has 0 bridgehead atoms. The van der Waals surface area contributed by atoms with E-state index in [1.807, 2.05) is 35.3 Å². The standard InChI is InChI=1S/C20H25N3OS/c1-22-19-10-4-9-17(19)18(21-22)14-23(15-6-2-3-7-15)20(24)12-11-16-8-5-13-25-16/h5,8,11-13,15H,2-4,6-7,9-10,14H2,1H3/b12-11+. The van der Waals surface area contributed by atoms with Crippen LogP contribution in [0.2, 0.25) is 0 Å². The number of carbonyl (C=O) groups excluding carboxylic acids is 1. The highest BCUT2D eigenvalue weighted by Gasteiger charge is 2.29. The minimum atomic E-state index is 0.123. The third-order valence-corrected chi connectivity index (χ3v) is 6.34. The van der Waals surface area contributed by atoms with Crippen LogP contribution in [0.15, 0.2) is 23.6 Å². The van der Waals surface area contributed by atoms with E-state index in [-0.39, 0.29) is 5.91 Å². The van der Waals surface area contributed by atoms with Crippen molar-refractivity contribution in [3.63, 3.8) is 0 Å². The number of thiophene rings is 1. The van der Waals surface area contributed by atoms with Gasteiger partial charge in [-0.15, -0.1) is 11.3 Å². The van der Waals surface area contributed by atoms with Gasteiger partial charge in [-0.1, -0.05) is 18.9 Å². The predicted molar refractivity (Wildman–Crippen MR) is 101 cm³/mol. The van der Waals surface area contributed by atoms with Crippen LogP contribution in [0.4, 0.5) is 0 Å². The molecule has 0 atom stereocenters. The van der Waals surface area contributed by atoms with Gasteiger partial charge in [0.05, 0.1) is 12.2 Å². The van der Waals surface area contributed by atoms with Crippen LogP contribution < -0.4 is 0 Å². The molecule has 4 rings (SSSR count). The van der Waals surface area contributed by atoms with E-state index in [2.05, 4.69) is 4.90 Å². The second-order valence-electron chi connectivity index (χ2n) is 7.10. The lowest BCUT2D eigenvalue weighted by atomic mass is 10.1. The lowest BCUT2D eigenvalue weighted by molar-refractivity contribution is -0.128. The van der Waals surface area contributed by atoms with Gasteiger partial charge in [0.15, 0.2) is 0 Å². The minimum absolute atomic E-state index is 0.123. The van der Waals surface area contributed by atoms with Gasteiger partial charge in [0, 0.05) is 29.7 Å². The van der Waals surface area contributed by atoms with Gasteiger partial charge in [-0.05, 0) is 55.2 Å². The zero-order chi connectivity index (χ0) is 17.2. The zero-order valence-corrected chi connectivity index (χ0v) is 15.6. The summed E-state index contributed by atoms with van der Waals surface area (Å²) in [5.41, 5.74) is 3.86. The molecule has 25 heavy (non-hydrogen) atoms. The molecule has 5 heteroatoms. The molecule has 0 radical (unpaired) electrons. The van der Waals surface area contributed by atoms with Crippen LogP contribution in [0.25, 0.3) is 6.08 Å². The van der Waals surface area contributed by atoms with Crippen LogP contribution in [0.3, 0.4) is 0 Å². The van der Waals surface area contributed by atoms with Crippen LogP contribution in [0, 0.1) is 0 Å². The highest BCUT2D eigenvalue weighted by atomic mass is 32.1. The van der Waals surface area contributed by atoms with E-state index >= 15 is 0 Å². The van der Waals surface area contributed by atoms with Crippen molar-refractivity contribution < 1.29 is 4.79 Å². The molecular formula is C20H25N3OS. The maximum absolute atomic E-state index is 12.9. The molecular weight excluding hydrogens is 330 g/mol. The van der Waals surface area contributed by atoms with Crippen LogP contribution in [0.1, 0.15) is 53.9 Å². The third kappa shape index (κ3) is 3.43. The number of rotatable bonds is 5. The van der Waals surface area contributed by atoms with Gasteiger partial charge in [-0.25, -0.2) is 0 Å². The fourth-order valence-electron chi connectivity index (χ4n) is 4.22. The van der Waals surface area contributed by atoms with E-state index < -0.39 is 0 Å². The number of nitrogens with zero attached hydrogens (tertiary/aromatic N) is 3. The van der Waals surface area contributed by atoms with Gasteiger partial charge in [-0.3, -0.25) is 9.48 Å². The molecule has 2 aliphatic carbocycles. The van der Waals surface area contributed by atoms with Crippen molar-refractivity contribution in [2.45, 2.75) is 57.5 Å². The van der Waals surface area contributed by atoms with Crippen molar-refractivity contribution in [2.75, 3.05) is 0 Å². The van der Waals surface area contributed by atoms with Crippen LogP contribution in [-0.2, 0) is 31.2 Å². The Hall–Kier alpha value is -1.88. The van der Waals surface area contributed by atoms with E-state index in [1.54, 1.807) is 17.4 Å². The monoisotopic (exact) mass is 355 g/mol. The highest BCUT2D eigenvalue weighted by Crippen LogP contribution is 2.29. The highest BCUT2D eigenvalue weighted by molar-refractivity contribution is 7.10. The largest absolute Gasteiger partial charge is 0.330 e. The number of aryl methyl sites for hydroxylation is 1. The van der Waals surface area contributed by atoms with Crippen LogP contribution >= 0.6 is 11.3 Å². The predicted octanol–water partition coefficient (Wildman–Crippen LogP) is 3.95. The molecule has 0 saturated heterocycles. The first-order valence-electron chi connectivity index (χ1n) is 9.28. The number of carbonyl (C=O) groups is 1. The molecule has 0 spiro atoms. The SMILES string of the molecule is Cn1nc(CN(C(=O)/C=C/c2cccs2)C2CCCC2)c2c1CCC2. The van der Waals surface area contributed by atoms with Crippen molar-refractivity contribution in [1.29, 1.82) is 0 Å². The molecule has 1 amide bonds. The maximum atomic E-state index is 12.9. The van der Waals surface area contributed by atoms with Gasteiger partial charge in [0.1, 0.15) is 0 Å². The van der Waals surface area contributed by atoms with Gasteiger partial charge in [0.2, 0.25) is 5.91 Å². The van der Waals surface area contributed by atoms with E-state index in [1.165, 1.54) is 30.5 Å². The smallest absolute Gasteiger partial charge is 0.247 e. The summed E-state index contributed by atoms with van der Waals surface area (Å²) < 4.78 is 2.02. The quantitative estimate of drug-likeness (QED) is 0.762. The molecule has 4 nitrogen and oxygen atoms in total. The Bertz CT molecular complexity index is 769. The molecule has 0 unspecified atom stereocenters. The number of aromatic nitrogens is 2. The van der Waals surface area contributed by atoms with E-state index in [4.69, 9.17) is 5.10 Å². The first-order valence-corrected chi connectivity index (χ1v) is 10.2. The molecule has 1 saturated carbocycles. The summed E-state index contributed by atoms with van der Waals surface area (Å²) in [4.78, 5) is 16.1. The molecule has 132 valence electrons. The van der Waals surface area contributed by atoms with Crippen LogP contribution in [0.5, 0.6) is 0 Å². The Morgan fingerprint density at radius 2 is 2.20 bits per heavy atom. The molecule has 0 N–H and O–H groups in total. The first kappa shape index (κ1) is 16.6. The van der Waals surface area contributed by atoms with Crippen molar-refractivity contribution in [2.24, 2.45) is 7.05 Å². The topological polar surface area (TPSA) is 38.1 Å². The number of hydrogen-bond acceptors (Lipinski definition) is 3. The fraction of sp³-hybridized carbons (Fsp3) is 0.500. The van der Waals surface area contributed by atoms with Crippen molar-refractivity contribution in [3.05, 3.63) is 45.4 Å². The van der Waals surface area contributed by atoms with E-state index in [0.717, 1.165) is 36.3 Å². The van der Waals surface area contributed by atoms with Gasteiger partial charge >= 0.3 is 0 Å². The lowest BCUT2D eigenvalue weighted by Crippen LogP contribution is -2.37. The van der Waals surface area contributed by atoms with Crippen molar-refractivity contribution >= 4 is 23.3 Å². The summed E-state index contributed by atoms with van der Waals surface area (Å²) in [6.07, 6.45) is 11.8.